The van der Waals surface area contributed by atoms with Crippen molar-refractivity contribution in [1.29, 1.82) is 0 Å². The summed E-state index contributed by atoms with van der Waals surface area (Å²) in [5.41, 5.74) is 0.739. The number of nitrogens with zero attached hydrogens (tertiary/aromatic N) is 1. The standard InChI is InChI=1S/C15H20BrFN2O.2ClH/c16-11-8-12(15(20)13(17)9-11)14(10-2-1-3-10)19-6-4-18-5-7-19;;/h8-10,14,18,20H,1-7H2;2*1H/t14-;;/m0../s1. The maximum absolute atomic E-state index is 13.8. The van der Waals surface area contributed by atoms with Crippen molar-refractivity contribution >= 4 is 40.7 Å². The quantitative estimate of drug-likeness (QED) is 0.786. The van der Waals surface area contributed by atoms with Crippen molar-refractivity contribution in [2.45, 2.75) is 25.3 Å². The van der Waals surface area contributed by atoms with Crippen LogP contribution in [0.3, 0.4) is 0 Å². The Bertz CT molecular complexity index is 497. The van der Waals surface area contributed by atoms with Gasteiger partial charge in [-0.3, -0.25) is 4.90 Å². The SMILES string of the molecule is Cl.Cl.Oc1c(F)cc(Br)cc1[C@H](C1CCC1)N1CCNCC1. The molecule has 1 saturated carbocycles. The lowest BCUT2D eigenvalue weighted by Gasteiger charge is -2.43. The molecule has 1 aliphatic carbocycles. The van der Waals surface area contributed by atoms with E-state index in [9.17, 15) is 9.50 Å². The van der Waals surface area contributed by atoms with Crippen LogP contribution in [0.2, 0.25) is 0 Å². The number of halogens is 4. The number of phenols is 1. The molecule has 3 nitrogen and oxygen atoms in total. The third kappa shape index (κ3) is 4.06. The zero-order chi connectivity index (χ0) is 14.1. The Hall–Kier alpha value is -0.0700. The molecule has 2 N–H and O–H groups in total. The summed E-state index contributed by atoms with van der Waals surface area (Å²) in [5, 5.41) is 13.5. The van der Waals surface area contributed by atoms with Gasteiger partial charge < -0.3 is 10.4 Å². The Morgan fingerprint density at radius 2 is 1.86 bits per heavy atom. The van der Waals surface area contributed by atoms with Gasteiger partial charge in [0.25, 0.3) is 0 Å². The van der Waals surface area contributed by atoms with Crippen molar-refractivity contribution in [2.75, 3.05) is 26.2 Å². The molecule has 1 saturated heterocycles. The second kappa shape index (κ2) is 8.69. The van der Waals surface area contributed by atoms with Gasteiger partial charge in [-0.15, -0.1) is 24.8 Å². The summed E-state index contributed by atoms with van der Waals surface area (Å²) in [6, 6.07) is 3.34. The molecule has 0 amide bonds. The maximum Gasteiger partial charge on any atom is 0.166 e. The summed E-state index contributed by atoms with van der Waals surface area (Å²) >= 11 is 3.35. The van der Waals surface area contributed by atoms with Crippen LogP contribution in [0, 0.1) is 11.7 Å². The molecule has 0 spiro atoms. The lowest BCUT2D eigenvalue weighted by molar-refractivity contribution is 0.0815. The van der Waals surface area contributed by atoms with Gasteiger partial charge in [0.15, 0.2) is 11.6 Å². The van der Waals surface area contributed by atoms with Crippen LogP contribution in [0.1, 0.15) is 30.9 Å². The second-order valence-corrected chi connectivity index (χ2v) is 6.66. The summed E-state index contributed by atoms with van der Waals surface area (Å²) in [5.74, 6) is -0.176. The van der Waals surface area contributed by atoms with Crippen molar-refractivity contribution < 1.29 is 9.50 Å². The van der Waals surface area contributed by atoms with E-state index in [4.69, 9.17) is 0 Å². The predicted octanol–water partition coefficient (Wildman–Crippen LogP) is 3.88. The van der Waals surface area contributed by atoms with Gasteiger partial charge in [0.2, 0.25) is 0 Å². The molecule has 1 aliphatic heterocycles. The number of rotatable bonds is 3. The summed E-state index contributed by atoms with van der Waals surface area (Å²) < 4.78 is 14.5. The number of hydrogen-bond donors (Lipinski definition) is 2. The molecule has 0 unspecified atom stereocenters. The number of benzene rings is 1. The number of phenolic OH excluding ortho intramolecular Hbond substituents is 1. The van der Waals surface area contributed by atoms with Crippen LogP contribution in [0.5, 0.6) is 5.75 Å². The molecule has 126 valence electrons. The van der Waals surface area contributed by atoms with Crippen LogP contribution < -0.4 is 5.32 Å². The molecule has 3 rings (SSSR count). The zero-order valence-electron chi connectivity index (χ0n) is 12.2. The molecule has 1 atom stereocenters. The Labute approximate surface area is 151 Å². The Kier molecular flexibility index (Phi) is 7.89. The van der Waals surface area contributed by atoms with E-state index < -0.39 is 5.82 Å². The molecule has 1 heterocycles. The molecule has 2 aliphatic rings. The first-order chi connectivity index (χ1) is 9.66. The van der Waals surface area contributed by atoms with Gasteiger partial charge in [-0.1, -0.05) is 22.4 Å². The van der Waals surface area contributed by atoms with Crippen LogP contribution in [0.25, 0.3) is 0 Å². The van der Waals surface area contributed by atoms with Gasteiger partial charge in [-0.2, -0.15) is 0 Å². The number of nitrogens with one attached hydrogen (secondary N) is 1. The third-order valence-corrected chi connectivity index (χ3v) is 4.98. The molecule has 22 heavy (non-hydrogen) atoms. The molecular weight excluding hydrogens is 394 g/mol. The van der Waals surface area contributed by atoms with E-state index in [1.807, 2.05) is 6.07 Å². The maximum atomic E-state index is 13.8. The fraction of sp³-hybridized carbons (Fsp3) is 0.600. The summed E-state index contributed by atoms with van der Waals surface area (Å²) in [4.78, 5) is 2.39. The lowest BCUT2D eigenvalue weighted by atomic mass is 9.76. The number of piperazine rings is 1. The molecule has 0 bridgehead atoms. The van der Waals surface area contributed by atoms with Gasteiger partial charge in [0.1, 0.15) is 0 Å². The smallest absolute Gasteiger partial charge is 0.166 e. The molecule has 1 aromatic carbocycles. The minimum Gasteiger partial charge on any atom is -0.505 e. The molecule has 7 heteroatoms. The lowest BCUT2D eigenvalue weighted by Crippen LogP contribution is -2.47. The van der Waals surface area contributed by atoms with Crippen molar-refractivity contribution in [2.24, 2.45) is 5.92 Å². The van der Waals surface area contributed by atoms with E-state index in [2.05, 4.69) is 26.1 Å². The first kappa shape index (κ1) is 20.0. The van der Waals surface area contributed by atoms with Gasteiger partial charge in [0, 0.05) is 42.3 Å². The first-order valence-corrected chi connectivity index (χ1v) is 8.09. The normalized spacial score (nSPS) is 20.5. The topological polar surface area (TPSA) is 35.5 Å². The Balaban J connectivity index is 0.00000121. The minimum atomic E-state index is -0.533. The van der Waals surface area contributed by atoms with E-state index in [0.717, 1.165) is 31.7 Å². The van der Waals surface area contributed by atoms with E-state index in [1.54, 1.807) is 0 Å². The molecule has 0 aromatic heterocycles. The highest BCUT2D eigenvalue weighted by Gasteiger charge is 2.35. The van der Waals surface area contributed by atoms with Gasteiger partial charge in [-0.05, 0) is 30.9 Å². The third-order valence-electron chi connectivity index (χ3n) is 4.52. The van der Waals surface area contributed by atoms with Gasteiger partial charge in [-0.25, -0.2) is 4.39 Å². The van der Waals surface area contributed by atoms with Gasteiger partial charge in [0.05, 0.1) is 0 Å². The van der Waals surface area contributed by atoms with Crippen LogP contribution >= 0.6 is 40.7 Å². The van der Waals surface area contributed by atoms with E-state index in [-0.39, 0.29) is 36.6 Å². The summed E-state index contributed by atoms with van der Waals surface area (Å²) in [6.07, 6.45) is 3.58. The monoisotopic (exact) mass is 414 g/mol. The van der Waals surface area contributed by atoms with Crippen molar-refractivity contribution in [3.63, 3.8) is 0 Å². The second-order valence-electron chi connectivity index (χ2n) is 5.75. The molecule has 1 aromatic rings. The fourth-order valence-electron chi connectivity index (χ4n) is 3.28. The van der Waals surface area contributed by atoms with Crippen LogP contribution in [-0.2, 0) is 0 Å². The van der Waals surface area contributed by atoms with Crippen molar-refractivity contribution in [3.05, 3.63) is 28.0 Å². The summed E-state index contributed by atoms with van der Waals surface area (Å²) in [6.45, 7) is 3.82. The molecule has 2 fully saturated rings. The van der Waals surface area contributed by atoms with Gasteiger partial charge >= 0.3 is 0 Å². The van der Waals surface area contributed by atoms with E-state index >= 15 is 0 Å². The largest absolute Gasteiger partial charge is 0.505 e. The van der Waals surface area contributed by atoms with Crippen molar-refractivity contribution in [3.8, 4) is 5.75 Å². The first-order valence-electron chi connectivity index (χ1n) is 7.29. The fourth-order valence-corrected chi connectivity index (χ4v) is 3.72. The highest BCUT2D eigenvalue weighted by molar-refractivity contribution is 9.10. The van der Waals surface area contributed by atoms with E-state index in [0.29, 0.717) is 10.4 Å². The predicted molar refractivity (Wildman–Crippen MR) is 94.8 cm³/mol. The Morgan fingerprint density at radius 1 is 1.23 bits per heavy atom. The minimum absolute atomic E-state index is 0. The number of hydrogen-bond acceptors (Lipinski definition) is 3. The molecule has 0 radical (unpaired) electrons. The molecular formula is C15H22BrCl2FN2O. The average Bonchev–Trinajstić information content (AvgIpc) is 2.39. The highest BCUT2D eigenvalue weighted by Crippen LogP contribution is 2.45. The van der Waals surface area contributed by atoms with Crippen LogP contribution in [0.15, 0.2) is 16.6 Å². The highest BCUT2D eigenvalue weighted by atomic mass is 79.9. The van der Waals surface area contributed by atoms with Crippen LogP contribution in [-0.4, -0.2) is 36.2 Å². The summed E-state index contributed by atoms with van der Waals surface area (Å²) in [7, 11) is 0. The Morgan fingerprint density at radius 3 is 2.41 bits per heavy atom. The van der Waals surface area contributed by atoms with Crippen LogP contribution in [0.4, 0.5) is 4.39 Å². The average molecular weight is 416 g/mol. The number of aromatic hydroxyl groups is 1. The van der Waals surface area contributed by atoms with E-state index in [1.165, 1.54) is 25.3 Å². The zero-order valence-corrected chi connectivity index (χ0v) is 15.4. The van der Waals surface area contributed by atoms with Crippen molar-refractivity contribution in [1.82, 2.24) is 10.2 Å².